The van der Waals surface area contributed by atoms with Crippen molar-refractivity contribution in [2.24, 2.45) is 0 Å². The number of nitrogens with zero attached hydrogens (tertiary/aromatic N) is 1. The molecule has 1 N–H and O–H groups in total. The minimum Gasteiger partial charge on any atom is -0.390 e. The first-order chi connectivity index (χ1) is 8.31. The van der Waals surface area contributed by atoms with Gasteiger partial charge in [-0.15, -0.1) is 11.6 Å². The molecule has 94 valence electrons. The molecule has 0 aromatic heterocycles. The van der Waals surface area contributed by atoms with Crippen LogP contribution in [-0.4, -0.2) is 34.6 Å². The molecule has 3 heteroatoms. The third-order valence-corrected chi connectivity index (χ3v) is 3.81. The van der Waals surface area contributed by atoms with Gasteiger partial charge in [0.2, 0.25) is 0 Å². The fourth-order valence-corrected chi connectivity index (χ4v) is 2.78. The van der Waals surface area contributed by atoms with Gasteiger partial charge in [0.25, 0.3) is 0 Å². The van der Waals surface area contributed by atoms with Crippen molar-refractivity contribution in [3.05, 3.63) is 35.9 Å². The van der Waals surface area contributed by atoms with Crippen LogP contribution in [0.4, 0.5) is 0 Å². The smallest absolute Gasteiger partial charge is 0.0830 e. The van der Waals surface area contributed by atoms with Crippen molar-refractivity contribution in [1.82, 2.24) is 4.90 Å². The van der Waals surface area contributed by atoms with E-state index in [4.69, 9.17) is 11.6 Å². The van der Waals surface area contributed by atoms with E-state index >= 15 is 0 Å². The van der Waals surface area contributed by atoms with Crippen LogP contribution in [-0.2, 0) is 6.54 Å². The van der Waals surface area contributed by atoms with E-state index in [2.05, 4.69) is 29.2 Å². The normalized spacial score (nSPS) is 23.5. The number of aliphatic hydroxyl groups excluding tert-OH is 1. The van der Waals surface area contributed by atoms with Crippen LogP contribution in [0, 0.1) is 0 Å². The van der Waals surface area contributed by atoms with Crippen LogP contribution in [0.3, 0.4) is 0 Å². The molecule has 1 heterocycles. The number of benzene rings is 1. The van der Waals surface area contributed by atoms with Gasteiger partial charge in [0.15, 0.2) is 0 Å². The summed E-state index contributed by atoms with van der Waals surface area (Å²) in [7, 11) is 0. The van der Waals surface area contributed by atoms with Gasteiger partial charge in [-0.2, -0.15) is 0 Å². The van der Waals surface area contributed by atoms with E-state index in [-0.39, 0.29) is 6.04 Å². The van der Waals surface area contributed by atoms with E-state index in [1.165, 1.54) is 18.4 Å². The summed E-state index contributed by atoms with van der Waals surface area (Å²) < 4.78 is 0. The van der Waals surface area contributed by atoms with Gasteiger partial charge in [-0.25, -0.2) is 0 Å². The van der Waals surface area contributed by atoms with Crippen molar-refractivity contribution >= 4 is 11.6 Å². The first kappa shape index (κ1) is 12.9. The fourth-order valence-electron chi connectivity index (χ4n) is 2.57. The number of likely N-dealkylation sites (tertiary alicyclic amines) is 1. The standard InChI is InChI=1S/C14H20ClNO/c15-10-14(17)13-8-4-5-9-16(13)11-12-6-2-1-3-7-12/h1-3,6-7,13-14,17H,4-5,8-11H2. The number of hydrogen-bond acceptors (Lipinski definition) is 2. The minimum atomic E-state index is -0.402. The highest BCUT2D eigenvalue weighted by Crippen LogP contribution is 2.22. The zero-order valence-electron chi connectivity index (χ0n) is 10.1. The maximum atomic E-state index is 9.96. The van der Waals surface area contributed by atoms with Crippen LogP contribution >= 0.6 is 11.6 Å². The Bertz CT molecular complexity index is 330. The van der Waals surface area contributed by atoms with Crippen molar-refractivity contribution in [3.63, 3.8) is 0 Å². The van der Waals surface area contributed by atoms with Crippen LogP contribution in [0.15, 0.2) is 30.3 Å². The van der Waals surface area contributed by atoms with Gasteiger partial charge < -0.3 is 5.11 Å². The molecule has 1 aliphatic rings. The highest BCUT2D eigenvalue weighted by atomic mass is 35.5. The predicted molar refractivity (Wildman–Crippen MR) is 71.2 cm³/mol. The molecule has 2 nitrogen and oxygen atoms in total. The summed E-state index contributed by atoms with van der Waals surface area (Å²) in [5, 5.41) is 9.96. The second kappa shape index (κ2) is 6.39. The van der Waals surface area contributed by atoms with Crippen LogP contribution in [0.25, 0.3) is 0 Å². The number of rotatable bonds is 4. The van der Waals surface area contributed by atoms with Gasteiger partial charge >= 0.3 is 0 Å². The Morgan fingerprint density at radius 1 is 1.29 bits per heavy atom. The van der Waals surface area contributed by atoms with E-state index in [1.807, 2.05) is 6.07 Å². The van der Waals surface area contributed by atoms with Crippen LogP contribution in [0.2, 0.25) is 0 Å². The SMILES string of the molecule is OC(CCl)C1CCCCN1Cc1ccccc1. The molecule has 1 aromatic rings. The van der Waals surface area contributed by atoms with Crippen molar-refractivity contribution in [1.29, 1.82) is 0 Å². The zero-order chi connectivity index (χ0) is 12.1. The molecule has 17 heavy (non-hydrogen) atoms. The van der Waals surface area contributed by atoms with Gasteiger partial charge in [0, 0.05) is 18.5 Å². The Labute approximate surface area is 108 Å². The molecule has 2 rings (SSSR count). The average Bonchev–Trinajstić information content (AvgIpc) is 2.40. The molecule has 0 radical (unpaired) electrons. The summed E-state index contributed by atoms with van der Waals surface area (Å²) in [6, 6.07) is 10.7. The highest BCUT2D eigenvalue weighted by Gasteiger charge is 2.27. The molecule has 0 spiro atoms. The highest BCUT2D eigenvalue weighted by molar-refractivity contribution is 6.18. The lowest BCUT2D eigenvalue weighted by Gasteiger charge is -2.38. The Hall–Kier alpha value is -0.570. The molecule has 1 aromatic carbocycles. The van der Waals surface area contributed by atoms with Gasteiger partial charge in [-0.05, 0) is 24.9 Å². The quantitative estimate of drug-likeness (QED) is 0.834. The topological polar surface area (TPSA) is 23.5 Å². The molecule has 2 atom stereocenters. The third kappa shape index (κ3) is 3.44. The Kier molecular flexibility index (Phi) is 4.84. The third-order valence-electron chi connectivity index (χ3n) is 3.49. The van der Waals surface area contributed by atoms with Crippen molar-refractivity contribution in [3.8, 4) is 0 Å². The van der Waals surface area contributed by atoms with E-state index in [0.717, 1.165) is 19.5 Å². The molecular weight excluding hydrogens is 234 g/mol. The van der Waals surface area contributed by atoms with Crippen molar-refractivity contribution in [2.45, 2.75) is 38.0 Å². The lowest BCUT2D eigenvalue weighted by Crippen LogP contribution is -2.46. The summed E-state index contributed by atoms with van der Waals surface area (Å²) in [5.74, 6) is 0.329. The predicted octanol–water partition coefficient (Wildman–Crippen LogP) is 2.64. The minimum absolute atomic E-state index is 0.224. The summed E-state index contributed by atoms with van der Waals surface area (Å²) in [5.41, 5.74) is 1.31. The molecule has 0 saturated carbocycles. The summed E-state index contributed by atoms with van der Waals surface area (Å²) in [6.45, 7) is 1.98. The molecule has 1 saturated heterocycles. The Morgan fingerprint density at radius 2 is 2.06 bits per heavy atom. The van der Waals surface area contributed by atoms with E-state index < -0.39 is 6.10 Å². The lowest BCUT2D eigenvalue weighted by atomic mass is 9.97. The van der Waals surface area contributed by atoms with Gasteiger partial charge in [0.1, 0.15) is 0 Å². The van der Waals surface area contributed by atoms with Crippen LogP contribution < -0.4 is 0 Å². The average molecular weight is 254 g/mol. The monoisotopic (exact) mass is 253 g/mol. The summed E-state index contributed by atoms with van der Waals surface area (Å²) in [4.78, 5) is 2.37. The molecule has 2 unspecified atom stereocenters. The maximum absolute atomic E-state index is 9.96. The number of halogens is 1. The molecule has 0 amide bonds. The number of hydrogen-bond donors (Lipinski definition) is 1. The number of aliphatic hydroxyl groups is 1. The molecular formula is C14H20ClNO. The largest absolute Gasteiger partial charge is 0.390 e. The van der Waals surface area contributed by atoms with Gasteiger partial charge in [-0.1, -0.05) is 36.8 Å². The van der Waals surface area contributed by atoms with Gasteiger partial charge in [0.05, 0.1) is 6.10 Å². The molecule has 1 aliphatic heterocycles. The number of piperidine rings is 1. The molecule has 0 bridgehead atoms. The van der Waals surface area contributed by atoms with Crippen LogP contribution in [0.1, 0.15) is 24.8 Å². The summed E-state index contributed by atoms with van der Waals surface area (Å²) >= 11 is 5.78. The molecule has 1 fully saturated rings. The van der Waals surface area contributed by atoms with E-state index in [0.29, 0.717) is 5.88 Å². The second-order valence-electron chi connectivity index (χ2n) is 4.74. The number of alkyl halides is 1. The molecule has 0 aliphatic carbocycles. The lowest BCUT2D eigenvalue weighted by molar-refractivity contribution is 0.0335. The summed E-state index contributed by atoms with van der Waals surface area (Å²) in [6.07, 6.45) is 3.07. The maximum Gasteiger partial charge on any atom is 0.0830 e. The van der Waals surface area contributed by atoms with Crippen molar-refractivity contribution < 1.29 is 5.11 Å². The first-order valence-corrected chi connectivity index (χ1v) is 6.86. The van der Waals surface area contributed by atoms with E-state index in [9.17, 15) is 5.11 Å². The second-order valence-corrected chi connectivity index (χ2v) is 5.05. The van der Waals surface area contributed by atoms with Gasteiger partial charge in [-0.3, -0.25) is 4.90 Å². The van der Waals surface area contributed by atoms with Crippen LogP contribution in [0.5, 0.6) is 0 Å². The fraction of sp³-hybridized carbons (Fsp3) is 0.571. The first-order valence-electron chi connectivity index (χ1n) is 6.33. The Balaban J connectivity index is 2.01. The van der Waals surface area contributed by atoms with Crippen molar-refractivity contribution in [2.75, 3.05) is 12.4 Å². The van der Waals surface area contributed by atoms with E-state index in [1.54, 1.807) is 0 Å². The zero-order valence-corrected chi connectivity index (χ0v) is 10.8. The Morgan fingerprint density at radius 3 is 2.76 bits per heavy atom.